The lowest BCUT2D eigenvalue weighted by atomic mass is 9.83. The quantitative estimate of drug-likeness (QED) is 0.209. The van der Waals surface area contributed by atoms with Crippen LogP contribution in [0.1, 0.15) is 55.6 Å². The highest BCUT2D eigenvalue weighted by Crippen LogP contribution is 2.42. The van der Waals surface area contributed by atoms with Crippen molar-refractivity contribution in [3.8, 4) is 23.7 Å². The molecule has 0 saturated carbocycles. The highest BCUT2D eigenvalue weighted by molar-refractivity contribution is 5.85. The van der Waals surface area contributed by atoms with E-state index in [1.807, 2.05) is 133 Å². The Hall–Kier alpha value is -5.78. The third kappa shape index (κ3) is 5.31. The van der Waals surface area contributed by atoms with E-state index >= 15 is 0 Å². The molecule has 4 nitrogen and oxygen atoms in total. The van der Waals surface area contributed by atoms with E-state index in [2.05, 4.69) is 23.7 Å². The predicted octanol–water partition coefficient (Wildman–Crippen LogP) is 7.37. The van der Waals surface area contributed by atoms with Gasteiger partial charge >= 0.3 is 0 Å². The van der Waals surface area contributed by atoms with Crippen molar-refractivity contribution in [3.05, 3.63) is 177 Å². The number of aliphatic hydroxyl groups is 2. The number of hydrogen-bond acceptors (Lipinski definition) is 4. The van der Waals surface area contributed by atoms with Crippen molar-refractivity contribution in [2.24, 2.45) is 0 Å². The first-order valence-corrected chi connectivity index (χ1v) is 15.4. The summed E-state index contributed by atoms with van der Waals surface area (Å²) < 4.78 is 11.5. The average Bonchev–Trinajstić information content (AvgIpc) is 3.29. The highest BCUT2D eigenvalue weighted by Gasteiger charge is 2.37. The summed E-state index contributed by atoms with van der Waals surface area (Å²) in [4.78, 5) is 0. The maximum absolute atomic E-state index is 12.3. The third-order valence-corrected chi connectivity index (χ3v) is 8.76. The average molecular weight is 613 g/mol. The molecule has 7 rings (SSSR count). The van der Waals surface area contributed by atoms with Crippen molar-refractivity contribution in [3.63, 3.8) is 0 Å². The maximum Gasteiger partial charge on any atom is 0.178 e. The monoisotopic (exact) mass is 612 g/mol. The van der Waals surface area contributed by atoms with Crippen molar-refractivity contribution in [1.29, 1.82) is 0 Å². The second-order valence-corrected chi connectivity index (χ2v) is 11.5. The molecule has 5 aromatic carbocycles. The number of hydrogen-bond donors (Lipinski definition) is 2. The first kappa shape index (κ1) is 29.9. The van der Waals surface area contributed by atoms with Gasteiger partial charge in [0.25, 0.3) is 0 Å². The summed E-state index contributed by atoms with van der Waals surface area (Å²) >= 11 is 0. The molecule has 0 fully saturated rings. The molecule has 2 aliphatic rings. The Morgan fingerprint density at radius 1 is 0.553 bits per heavy atom. The van der Waals surface area contributed by atoms with Gasteiger partial charge in [-0.15, -0.1) is 0 Å². The molecule has 4 heteroatoms. The fraction of sp³-hybridized carbons (Fsp3) is 0.116. The minimum Gasteiger partial charge on any atom is -0.496 e. The van der Waals surface area contributed by atoms with Gasteiger partial charge in [0.1, 0.15) is 11.5 Å². The molecule has 0 spiro atoms. The van der Waals surface area contributed by atoms with E-state index in [1.165, 1.54) is 0 Å². The zero-order valence-corrected chi connectivity index (χ0v) is 26.1. The van der Waals surface area contributed by atoms with Gasteiger partial charge in [-0.3, -0.25) is 0 Å². The first-order valence-electron chi connectivity index (χ1n) is 15.4. The first-order chi connectivity index (χ1) is 22.9. The zero-order chi connectivity index (χ0) is 32.4. The second kappa shape index (κ2) is 12.2. The molecule has 0 saturated heterocycles. The van der Waals surface area contributed by atoms with Crippen LogP contribution < -0.4 is 0 Å². The normalized spacial score (nSPS) is 18.8. The number of rotatable bonds is 3. The summed E-state index contributed by atoms with van der Waals surface area (Å²) in [5.41, 5.74) is 4.59. The van der Waals surface area contributed by atoms with Crippen molar-refractivity contribution in [1.82, 2.24) is 0 Å². The molecule has 2 unspecified atom stereocenters. The molecular weight excluding hydrogens is 580 g/mol. The van der Waals surface area contributed by atoms with Gasteiger partial charge in [-0.05, 0) is 41.0 Å². The molecule has 2 N–H and O–H groups in total. The van der Waals surface area contributed by atoms with Crippen LogP contribution in [0.2, 0.25) is 0 Å². The van der Waals surface area contributed by atoms with Gasteiger partial charge in [0, 0.05) is 45.4 Å². The van der Waals surface area contributed by atoms with E-state index in [0.717, 1.165) is 33.4 Å². The maximum atomic E-state index is 12.3. The third-order valence-electron chi connectivity index (χ3n) is 8.76. The summed E-state index contributed by atoms with van der Waals surface area (Å²) in [5, 5.41) is 24.6. The molecule has 0 aliphatic heterocycles. The van der Waals surface area contributed by atoms with Crippen LogP contribution in [0.4, 0.5) is 0 Å². The Morgan fingerprint density at radius 2 is 1.04 bits per heavy atom. The van der Waals surface area contributed by atoms with Crippen LogP contribution in [0.25, 0.3) is 23.7 Å². The van der Waals surface area contributed by atoms with Gasteiger partial charge in [0.05, 0.1) is 14.2 Å². The summed E-state index contributed by atoms with van der Waals surface area (Å²) in [6.45, 7) is 0. The van der Waals surface area contributed by atoms with Gasteiger partial charge in [-0.1, -0.05) is 133 Å². The molecule has 0 amide bonds. The summed E-state index contributed by atoms with van der Waals surface area (Å²) in [6.07, 6.45) is 4.28. The number of methoxy groups -OCH3 is 2. The topological polar surface area (TPSA) is 58.9 Å². The molecule has 0 bridgehead atoms. The SMILES string of the molecule is COC1=Cc2ccccc2C(O)(C#CCc2cccc(C#CC3(O)c4ccccc4C=C(OC)c4ccccc43)c2)c2ccccc21. The van der Waals surface area contributed by atoms with Gasteiger partial charge in [0.15, 0.2) is 11.2 Å². The van der Waals surface area contributed by atoms with Crippen LogP contribution in [-0.4, -0.2) is 24.4 Å². The number of fused-ring (bicyclic) bond motifs is 4. The Labute approximate surface area is 275 Å². The van der Waals surface area contributed by atoms with Gasteiger partial charge in [-0.2, -0.15) is 0 Å². The van der Waals surface area contributed by atoms with E-state index in [0.29, 0.717) is 40.2 Å². The molecule has 0 heterocycles. The second-order valence-electron chi connectivity index (χ2n) is 11.5. The van der Waals surface area contributed by atoms with E-state index in [1.54, 1.807) is 14.2 Å². The Morgan fingerprint density at radius 3 is 1.60 bits per heavy atom. The van der Waals surface area contributed by atoms with Crippen LogP contribution in [0.3, 0.4) is 0 Å². The molecule has 228 valence electrons. The smallest absolute Gasteiger partial charge is 0.178 e. The Kier molecular flexibility index (Phi) is 7.76. The Balaban J connectivity index is 1.24. The molecule has 5 aromatic rings. The van der Waals surface area contributed by atoms with E-state index < -0.39 is 11.2 Å². The van der Waals surface area contributed by atoms with E-state index in [-0.39, 0.29) is 0 Å². The van der Waals surface area contributed by atoms with Gasteiger partial charge in [-0.25, -0.2) is 0 Å². The molecule has 2 atom stereocenters. The number of ether oxygens (including phenoxy) is 2. The minimum atomic E-state index is -1.57. The lowest BCUT2D eigenvalue weighted by Gasteiger charge is -2.26. The molecule has 2 aliphatic carbocycles. The highest BCUT2D eigenvalue weighted by atomic mass is 16.5. The fourth-order valence-corrected chi connectivity index (χ4v) is 6.46. The number of benzene rings is 5. The van der Waals surface area contributed by atoms with Crippen molar-refractivity contribution < 1.29 is 19.7 Å². The predicted molar refractivity (Wildman–Crippen MR) is 186 cm³/mol. The van der Waals surface area contributed by atoms with Crippen LogP contribution in [-0.2, 0) is 27.1 Å². The minimum absolute atomic E-state index is 0.393. The van der Waals surface area contributed by atoms with Crippen molar-refractivity contribution in [2.45, 2.75) is 17.6 Å². The summed E-state index contributed by atoms with van der Waals surface area (Å²) in [6, 6.07) is 38.6. The molecular formula is C43H32O4. The standard InChI is InChI=1S/C43H32O4/c1-46-40-28-32-16-3-7-20-36(32)42(44,38-22-9-5-18-34(38)40)25-12-15-30-13-11-14-31(27-30)24-26-43(45)37-21-8-4-17-33(37)29-41(47-2)35-19-6-10-23-39(35)43/h3-11,13-14,16-23,27-29,44-45H,15H2,1-2H3. The van der Waals surface area contributed by atoms with E-state index in [9.17, 15) is 10.2 Å². The van der Waals surface area contributed by atoms with Crippen LogP contribution in [0, 0.1) is 23.7 Å². The van der Waals surface area contributed by atoms with Crippen molar-refractivity contribution >= 4 is 23.7 Å². The Bertz CT molecular complexity index is 2200. The molecule has 0 aromatic heterocycles. The summed E-state index contributed by atoms with van der Waals surface area (Å²) in [7, 11) is 3.27. The van der Waals surface area contributed by atoms with Crippen LogP contribution in [0.15, 0.2) is 121 Å². The van der Waals surface area contributed by atoms with Crippen molar-refractivity contribution in [2.75, 3.05) is 14.2 Å². The zero-order valence-electron chi connectivity index (χ0n) is 26.1. The molecule has 47 heavy (non-hydrogen) atoms. The fourth-order valence-electron chi connectivity index (χ4n) is 6.46. The lowest BCUT2D eigenvalue weighted by Crippen LogP contribution is -2.27. The van der Waals surface area contributed by atoms with Gasteiger partial charge < -0.3 is 19.7 Å². The van der Waals surface area contributed by atoms with Gasteiger partial charge in [0.2, 0.25) is 0 Å². The van der Waals surface area contributed by atoms with Crippen LogP contribution >= 0.6 is 0 Å². The van der Waals surface area contributed by atoms with E-state index in [4.69, 9.17) is 9.47 Å². The summed E-state index contributed by atoms with van der Waals surface area (Å²) in [5.74, 6) is 14.3. The molecule has 0 radical (unpaired) electrons. The largest absolute Gasteiger partial charge is 0.496 e. The van der Waals surface area contributed by atoms with Crippen LogP contribution in [0.5, 0.6) is 0 Å². The lowest BCUT2D eigenvalue weighted by molar-refractivity contribution is 0.144.